The molecule has 0 radical (unpaired) electrons. The molecule has 0 atom stereocenters. The van der Waals surface area contributed by atoms with Gasteiger partial charge in [0.2, 0.25) is 0 Å². The van der Waals surface area contributed by atoms with Crippen LogP contribution in [0, 0.1) is 0 Å². The molecular formula is C22H23F6N5O5. The van der Waals surface area contributed by atoms with Gasteiger partial charge in [-0.15, -0.1) is 0 Å². The molecule has 3 N–H and O–H groups in total. The number of H-pyrrole nitrogens is 1. The average molecular weight is 551 g/mol. The van der Waals surface area contributed by atoms with Gasteiger partial charge in [0.25, 0.3) is 5.91 Å². The number of likely N-dealkylation sites (N-methyl/N-ethyl adjacent to an activating group) is 1. The number of pyridine rings is 1. The molecule has 16 heteroatoms. The van der Waals surface area contributed by atoms with E-state index in [1.807, 2.05) is 45.8 Å². The minimum atomic E-state index is -5.08. The predicted molar refractivity (Wildman–Crippen MR) is 120 cm³/mol. The number of nitrogens with zero attached hydrogens (tertiary/aromatic N) is 4. The number of aromatic amines is 1. The second-order valence-corrected chi connectivity index (χ2v) is 7.92. The average Bonchev–Trinajstić information content (AvgIpc) is 3.43. The van der Waals surface area contributed by atoms with Gasteiger partial charge in [-0.3, -0.25) is 9.89 Å². The molecule has 4 rings (SSSR count). The zero-order valence-corrected chi connectivity index (χ0v) is 19.8. The van der Waals surface area contributed by atoms with E-state index in [9.17, 15) is 31.1 Å². The fourth-order valence-electron chi connectivity index (χ4n) is 3.35. The van der Waals surface area contributed by atoms with Crippen LogP contribution in [-0.4, -0.2) is 98.0 Å². The number of carboxylic acids is 2. The molecule has 1 aliphatic rings. The van der Waals surface area contributed by atoms with Gasteiger partial charge in [-0.2, -0.15) is 31.4 Å². The summed E-state index contributed by atoms with van der Waals surface area (Å²) in [6.45, 7) is 3.55. The molecule has 4 heterocycles. The minimum Gasteiger partial charge on any atom is -0.475 e. The summed E-state index contributed by atoms with van der Waals surface area (Å²) in [5.74, 6) is -5.40. The highest BCUT2D eigenvalue weighted by Crippen LogP contribution is 2.26. The SMILES string of the molecule is CN1CCCN(C(=O)c2cc(-c3ccn[nH]3)n3ccccc23)CC1.O=C(O)C(F)(F)F.O=C(O)C(F)(F)F. The molecule has 38 heavy (non-hydrogen) atoms. The maximum Gasteiger partial charge on any atom is 0.490 e. The Kier molecular flexibility index (Phi) is 9.87. The van der Waals surface area contributed by atoms with E-state index in [4.69, 9.17) is 19.8 Å². The van der Waals surface area contributed by atoms with Crippen molar-refractivity contribution in [1.82, 2.24) is 24.4 Å². The van der Waals surface area contributed by atoms with Gasteiger partial charge in [0.05, 0.1) is 22.5 Å². The van der Waals surface area contributed by atoms with Crippen LogP contribution >= 0.6 is 0 Å². The topological polar surface area (TPSA) is 131 Å². The zero-order chi connectivity index (χ0) is 28.7. The van der Waals surface area contributed by atoms with E-state index in [0.717, 1.165) is 55.1 Å². The maximum absolute atomic E-state index is 13.1. The van der Waals surface area contributed by atoms with Gasteiger partial charge < -0.3 is 24.4 Å². The smallest absolute Gasteiger partial charge is 0.475 e. The van der Waals surface area contributed by atoms with E-state index >= 15 is 0 Å². The number of carbonyl (C=O) groups is 3. The number of nitrogens with one attached hydrogen (secondary N) is 1. The van der Waals surface area contributed by atoms with Gasteiger partial charge in [0.15, 0.2) is 0 Å². The number of halogens is 6. The largest absolute Gasteiger partial charge is 0.490 e. The first-order chi connectivity index (χ1) is 17.6. The third-order valence-corrected chi connectivity index (χ3v) is 5.18. The van der Waals surface area contributed by atoms with Crippen LogP contribution in [0.15, 0.2) is 42.7 Å². The normalized spacial score (nSPS) is 14.6. The van der Waals surface area contributed by atoms with E-state index in [1.165, 1.54) is 0 Å². The molecule has 3 aromatic heterocycles. The number of carboxylic acid groups (broad SMARTS) is 2. The number of hydrogen-bond donors (Lipinski definition) is 3. The number of carbonyl (C=O) groups excluding carboxylic acids is 1. The van der Waals surface area contributed by atoms with Crippen molar-refractivity contribution in [2.45, 2.75) is 18.8 Å². The van der Waals surface area contributed by atoms with E-state index < -0.39 is 24.3 Å². The highest BCUT2D eigenvalue weighted by molar-refractivity contribution is 6.02. The van der Waals surface area contributed by atoms with Crippen molar-refractivity contribution in [3.05, 3.63) is 48.3 Å². The lowest BCUT2D eigenvalue weighted by Gasteiger charge is -2.20. The summed E-state index contributed by atoms with van der Waals surface area (Å²) in [5.41, 5.74) is 3.55. The number of amides is 1. The highest BCUT2D eigenvalue weighted by atomic mass is 19.4. The molecule has 0 saturated carbocycles. The van der Waals surface area contributed by atoms with Gasteiger partial charge in [0, 0.05) is 32.0 Å². The van der Waals surface area contributed by atoms with Gasteiger partial charge in [-0.1, -0.05) is 6.07 Å². The number of fused-ring (bicyclic) bond motifs is 1. The second kappa shape index (κ2) is 12.4. The van der Waals surface area contributed by atoms with E-state index in [2.05, 4.69) is 22.1 Å². The number of alkyl halides is 6. The molecular weight excluding hydrogens is 528 g/mol. The first-order valence-corrected chi connectivity index (χ1v) is 10.8. The molecule has 1 amide bonds. The van der Waals surface area contributed by atoms with Crippen molar-refractivity contribution < 1.29 is 50.9 Å². The molecule has 208 valence electrons. The third kappa shape index (κ3) is 8.22. The summed E-state index contributed by atoms with van der Waals surface area (Å²) in [5, 5.41) is 21.3. The first-order valence-electron chi connectivity index (χ1n) is 10.8. The Morgan fingerprint density at radius 1 is 0.921 bits per heavy atom. The van der Waals surface area contributed by atoms with Gasteiger partial charge in [-0.05, 0) is 44.3 Å². The van der Waals surface area contributed by atoms with Crippen LogP contribution < -0.4 is 0 Å². The quantitative estimate of drug-likeness (QED) is 0.416. The number of hydrogen-bond acceptors (Lipinski definition) is 5. The monoisotopic (exact) mass is 551 g/mol. The van der Waals surface area contributed by atoms with Crippen molar-refractivity contribution in [1.29, 1.82) is 0 Å². The Bertz CT molecular complexity index is 1220. The Balaban J connectivity index is 0.000000301. The van der Waals surface area contributed by atoms with Gasteiger partial charge in [-0.25, -0.2) is 9.59 Å². The summed E-state index contributed by atoms with van der Waals surface area (Å²) in [6, 6.07) is 9.84. The van der Waals surface area contributed by atoms with Gasteiger partial charge >= 0.3 is 24.3 Å². The van der Waals surface area contributed by atoms with Crippen LogP contribution in [-0.2, 0) is 9.59 Å². The molecule has 1 aliphatic heterocycles. The molecule has 0 aromatic carbocycles. The molecule has 1 fully saturated rings. The van der Waals surface area contributed by atoms with E-state index in [1.54, 1.807) is 6.20 Å². The van der Waals surface area contributed by atoms with Crippen molar-refractivity contribution in [2.24, 2.45) is 0 Å². The molecule has 0 aliphatic carbocycles. The maximum atomic E-state index is 13.1. The Morgan fingerprint density at radius 2 is 1.53 bits per heavy atom. The standard InChI is InChI=1S/C18H21N5O.2C2HF3O2/c1-21-8-4-9-22(12-11-21)18(24)14-13-17(15-6-7-19-20-15)23-10-3-2-5-16(14)23;2*3-2(4,5)1(6)7/h2-3,5-7,10,13H,4,8-9,11-12H2,1H3,(H,19,20);2*(H,6,7). The van der Waals surface area contributed by atoms with Crippen LogP contribution in [0.2, 0.25) is 0 Å². The summed E-state index contributed by atoms with van der Waals surface area (Å²) >= 11 is 0. The highest BCUT2D eigenvalue weighted by Gasteiger charge is 2.38. The summed E-state index contributed by atoms with van der Waals surface area (Å²) in [7, 11) is 2.11. The molecule has 0 unspecified atom stereocenters. The Hall–Kier alpha value is -4.08. The van der Waals surface area contributed by atoms with Crippen molar-refractivity contribution in [3.63, 3.8) is 0 Å². The number of aromatic nitrogens is 3. The van der Waals surface area contributed by atoms with Crippen LogP contribution in [0.3, 0.4) is 0 Å². The fourth-order valence-corrected chi connectivity index (χ4v) is 3.35. The summed E-state index contributed by atoms with van der Waals surface area (Å²) in [6.07, 6.45) is -5.44. The number of aliphatic carboxylic acids is 2. The zero-order valence-electron chi connectivity index (χ0n) is 19.8. The van der Waals surface area contributed by atoms with E-state index in [0.29, 0.717) is 0 Å². The third-order valence-electron chi connectivity index (χ3n) is 5.18. The lowest BCUT2D eigenvalue weighted by molar-refractivity contribution is -0.193. The molecule has 10 nitrogen and oxygen atoms in total. The molecule has 1 saturated heterocycles. The van der Waals surface area contributed by atoms with Crippen molar-refractivity contribution >= 4 is 23.4 Å². The Labute approximate surface area is 211 Å². The molecule has 3 aromatic rings. The Morgan fingerprint density at radius 3 is 2.05 bits per heavy atom. The van der Waals surface area contributed by atoms with Gasteiger partial charge in [0.1, 0.15) is 0 Å². The van der Waals surface area contributed by atoms with Crippen LogP contribution in [0.25, 0.3) is 16.9 Å². The molecule has 0 spiro atoms. The molecule has 0 bridgehead atoms. The fraction of sp³-hybridized carbons (Fsp3) is 0.364. The summed E-state index contributed by atoms with van der Waals surface area (Å²) in [4.78, 5) is 35.2. The second-order valence-electron chi connectivity index (χ2n) is 7.92. The number of rotatable bonds is 2. The minimum absolute atomic E-state index is 0.111. The lowest BCUT2D eigenvalue weighted by atomic mass is 10.2. The first kappa shape index (κ1) is 30.1. The predicted octanol–water partition coefficient (Wildman–Crippen LogP) is 3.37. The van der Waals surface area contributed by atoms with Crippen LogP contribution in [0.4, 0.5) is 26.3 Å². The van der Waals surface area contributed by atoms with Crippen LogP contribution in [0.5, 0.6) is 0 Å². The van der Waals surface area contributed by atoms with Crippen molar-refractivity contribution in [2.75, 3.05) is 33.2 Å². The summed E-state index contributed by atoms with van der Waals surface area (Å²) < 4.78 is 65.5. The van der Waals surface area contributed by atoms with E-state index in [-0.39, 0.29) is 5.91 Å². The lowest BCUT2D eigenvalue weighted by Crippen LogP contribution is -2.34. The van der Waals surface area contributed by atoms with Crippen molar-refractivity contribution in [3.8, 4) is 11.4 Å². The van der Waals surface area contributed by atoms with Crippen LogP contribution in [0.1, 0.15) is 16.8 Å².